The number of anilines is 1. The Bertz CT molecular complexity index is 643. The van der Waals surface area contributed by atoms with Crippen molar-refractivity contribution < 1.29 is 9.90 Å². The lowest BCUT2D eigenvalue weighted by Crippen LogP contribution is -2.12. The van der Waals surface area contributed by atoms with E-state index in [-0.39, 0.29) is 11.7 Å². The van der Waals surface area contributed by atoms with Gasteiger partial charge in [-0.25, -0.2) is 0 Å². The van der Waals surface area contributed by atoms with Gasteiger partial charge in [0, 0.05) is 15.1 Å². The van der Waals surface area contributed by atoms with Gasteiger partial charge < -0.3 is 10.4 Å². The number of amides is 1. The second-order valence-electron chi connectivity index (χ2n) is 4.09. The molecule has 5 heteroatoms. The van der Waals surface area contributed by atoms with Gasteiger partial charge in [-0.05, 0) is 58.7 Å². The van der Waals surface area contributed by atoms with Crippen molar-refractivity contribution in [1.29, 1.82) is 0 Å². The first-order valence-corrected chi connectivity index (χ1v) is 6.70. The van der Waals surface area contributed by atoms with Crippen LogP contribution in [0.15, 0.2) is 40.9 Å². The monoisotopic (exact) mass is 339 g/mol. The summed E-state index contributed by atoms with van der Waals surface area (Å²) in [6.07, 6.45) is 0. The standard InChI is InChI=1S/C14H11BrClNO2/c1-8-5-11(15)13(7-12(8)16)17-14(19)9-3-2-4-10(18)6-9/h2-7,18H,1H3,(H,17,19). The molecule has 2 aromatic rings. The molecule has 0 aliphatic rings. The number of hydrogen-bond acceptors (Lipinski definition) is 2. The van der Waals surface area contributed by atoms with Crippen molar-refractivity contribution in [2.24, 2.45) is 0 Å². The minimum atomic E-state index is -0.309. The third kappa shape index (κ3) is 3.28. The van der Waals surface area contributed by atoms with Gasteiger partial charge in [0.1, 0.15) is 5.75 Å². The number of benzene rings is 2. The second kappa shape index (κ2) is 5.63. The van der Waals surface area contributed by atoms with Crippen LogP contribution in [0.3, 0.4) is 0 Å². The number of phenolic OH excluding ortho intramolecular Hbond substituents is 1. The van der Waals surface area contributed by atoms with E-state index < -0.39 is 0 Å². The minimum Gasteiger partial charge on any atom is -0.508 e. The van der Waals surface area contributed by atoms with Gasteiger partial charge in [-0.2, -0.15) is 0 Å². The fourth-order valence-electron chi connectivity index (χ4n) is 1.58. The van der Waals surface area contributed by atoms with E-state index in [0.29, 0.717) is 16.3 Å². The molecule has 0 fully saturated rings. The molecule has 0 spiro atoms. The summed E-state index contributed by atoms with van der Waals surface area (Å²) in [6, 6.07) is 9.66. The first kappa shape index (κ1) is 13.9. The molecule has 2 N–H and O–H groups in total. The van der Waals surface area contributed by atoms with Crippen LogP contribution in [0.2, 0.25) is 5.02 Å². The number of carbonyl (C=O) groups is 1. The van der Waals surface area contributed by atoms with Crippen molar-refractivity contribution in [3.8, 4) is 5.75 Å². The lowest BCUT2D eigenvalue weighted by atomic mass is 10.2. The van der Waals surface area contributed by atoms with E-state index in [1.54, 1.807) is 18.2 Å². The minimum absolute atomic E-state index is 0.0497. The lowest BCUT2D eigenvalue weighted by molar-refractivity contribution is 0.102. The number of nitrogens with one attached hydrogen (secondary N) is 1. The summed E-state index contributed by atoms with van der Waals surface area (Å²) in [5.74, 6) is -0.259. The second-order valence-corrected chi connectivity index (χ2v) is 5.35. The Morgan fingerprint density at radius 3 is 2.74 bits per heavy atom. The topological polar surface area (TPSA) is 49.3 Å². The number of phenols is 1. The highest BCUT2D eigenvalue weighted by Crippen LogP contribution is 2.29. The molecule has 0 saturated carbocycles. The largest absolute Gasteiger partial charge is 0.508 e. The van der Waals surface area contributed by atoms with Crippen LogP contribution in [0.25, 0.3) is 0 Å². The highest BCUT2D eigenvalue weighted by Gasteiger charge is 2.10. The predicted molar refractivity (Wildman–Crippen MR) is 79.9 cm³/mol. The van der Waals surface area contributed by atoms with E-state index in [4.69, 9.17) is 11.6 Å². The molecular weight excluding hydrogens is 330 g/mol. The Labute approximate surface area is 124 Å². The Balaban J connectivity index is 2.27. The zero-order chi connectivity index (χ0) is 14.0. The molecule has 98 valence electrons. The molecular formula is C14H11BrClNO2. The van der Waals surface area contributed by atoms with Gasteiger partial charge in [0.2, 0.25) is 0 Å². The molecule has 1 amide bonds. The zero-order valence-electron chi connectivity index (χ0n) is 10.1. The average Bonchev–Trinajstić information content (AvgIpc) is 2.36. The van der Waals surface area contributed by atoms with E-state index in [1.165, 1.54) is 12.1 Å². The summed E-state index contributed by atoms with van der Waals surface area (Å²) in [5.41, 5.74) is 1.89. The van der Waals surface area contributed by atoms with Gasteiger partial charge in [-0.3, -0.25) is 4.79 Å². The maximum atomic E-state index is 12.0. The molecule has 0 unspecified atom stereocenters. The van der Waals surface area contributed by atoms with E-state index in [2.05, 4.69) is 21.2 Å². The fraction of sp³-hybridized carbons (Fsp3) is 0.0714. The summed E-state index contributed by atoms with van der Waals surface area (Å²) in [4.78, 5) is 12.0. The molecule has 0 atom stereocenters. The first-order valence-electron chi connectivity index (χ1n) is 5.53. The van der Waals surface area contributed by atoms with Crippen LogP contribution in [0.1, 0.15) is 15.9 Å². The highest BCUT2D eigenvalue weighted by atomic mass is 79.9. The number of rotatable bonds is 2. The Morgan fingerprint density at radius 2 is 2.05 bits per heavy atom. The van der Waals surface area contributed by atoms with E-state index in [9.17, 15) is 9.90 Å². The summed E-state index contributed by atoms with van der Waals surface area (Å²) in [7, 11) is 0. The van der Waals surface area contributed by atoms with Gasteiger partial charge in [-0.1, -0.05) is 17.7 Å². The van der Waals surface area contributed by atoms with E-state index >= 15 is 0 Å². The van der Waals surface area contributed by atoms with Gasteiger partial charge in [0.05, 0.1) is 5.69 Å². The van der Waals surface area contributed by atoms with Crippen molar-refractivity contribution in [3.63, 3.8) is 0 Å². The van der Waals surface area contributed by atoms with Crippen LogP contribution in [-0.2, 0) is 0 Å². The van der Waals surface area contributed by atoms with Crippen molar-refractivity contribution >= 4 is 39.1 Å². The molecule has 0 heterocycles. The fourth-order valence-corrected chi connectivity index (χ4v) is 2.30. The highest BCUT2D eigenvalue weighted by molar-refractivity contribution is 9.10. The van der Waals surface area contributed by atoms with Gasteiger partial charge >= 0.3 is 0 Å². The first-order chi connectivity index (χ1) is 8.97. The van der Waals surface area contributed by atoms with Crippen LogP contribution in [0.4, 0.5) is 5.69 Å². The Morgan fingerprint density at radius 1 is 1.32 bits per heavy atom. The van der Waals surface area contributed by atoms with Crippen LogP contribution < -0.4 is 5.32 Å². The van der Waals surface area contributed by atoms with Crippen LogP contribution in [-0.4, -0.2) is 11.0 Å². The summed E-state index contributed by atoms with van der Waals surface area (Å²) in [6.45, 7) is 1.88. The molecule has 2 rings (SSSR count). The average molecular weight is 341 g/mol. The Kier molecular flexibility index (Phi) is 4.12. The molecule has 2 aromatic carbocycles. The van der Waals surface area contributed by atoms with Gasteiger partial charge in [-0.15, -0.1) is 0 Å². The maximum absolute atomic E-state index is 12.0. The molecule has 0 saturated heterocycles. The Hall–Kier alpha value is -1.52. The number of aryl methyl sites for hydroxylation is 1. The van der Waals surface area contributed by atoms with E-state index in [0.717, 1.165) is 10.0 Å². The molecule has 3 nitrogen and oxygen atoms in total. The van der Waals surface area contributed by atoms with Crippen molar-refractivity contribution in [2.45, 2.75) is 6.92 Å². The van der Waals surface area contributed by atoms with Crippen LogP contribution in [0.5, 0.6) is 5.75 Å². The number of carbonyl (C=O) groups excluding carboxylic acids is 1. The number of halogens is 2. The van der Waals surface area contributed by atoms with Gasteiger partial charge in [0.25, 0.3) is 5.91 Å². The van der Waals surface area contributed by atoms with Crippen molar-refractivity contribution in [2.75, 3.05) is 5.32 Å². The lowest BCUT2D eigenvalue weighted by Gasteiger charge is -2.09. The smallest absolute Gasteiger partial charge is 0.255 e. The quantitative estimate of drug-likeness (QED) is 0.853. The molecule has 0 bridgehead atoms. The summed E-state index contributed by atoms with van der Waals surface area (Å²) < 4.78 is 0.753. The third-order valence-electron chi connectivity index (χ3n) is 2.60. The van der Waals surface area contributed by atoms with Crippen LogP contribution >= 0.6 is 27.5 Å². The van der Waals surface area contributed by atoms with Crippen molar-refractivity contribution in [1.82, 2.24) is 0 Å². The third-order valence-corrected chi connectivity index (χ3v) is 3.67. The van der Waals surface area contributed by atoms with E-state index in [1.807, 2.05) is 13.0 Å². The molecule has 0 aliphatic carbocycles. The molecule has 19 heavy (non-hydrogen) atoms. The molecule has 0 radical (unpaired) electrons. The SMILES string of the molecule is Cc1cc(Br)c(NC(=O)c2cccc(O)c2)cc1Cl. The van der Waals surface area contributed by atoms with Gasteiger partial charge in [0.15, 0.2) is 0 Å². The predicted octanol–water partition coefficient (Wildman–Crippen LogP) is 4.37. The zero-order valence-corrected chi connectivity index (χ0v) is 12.4. The van der Waals surface area contributed by atoms with Crippen molar-refractivity contribution in [3.05, 3.63) is 57.0 Å². The molecule has 0 aromatic heterocycles. The number of hydrogen-bond donors (Lipinski definition) is 2. The summed E-state index contributed by atoms with van der Waals surface area (Å²) in [5, 5.41) is 12.7. The summed E-state index contributed by atoms with van der Waals surface area (Å²) >= 11 is 9.40. The van der Waals surface area contributed by atoms with Crippen LogP contribution in [0, 0.1) is 6.92 Å². The maximum Gasteiger partial charge on any atom is 0.255 e. The normalized spacial score (nSPS) is 10.3. The molecule has 0 aliphatic heterocycles. The number of aromatic hydroxyl groups is 1.